The first kappa shape index (κ1) is 10.2. The maximum atomic E-state index is 11.9. The fourth-order valence-corrected chi connectivity index (χ4v) is 2.45. The number of rotatable bonds is 0. The SMILES string of the molecule is N#Cc1ccc2c(c1)C=C1C(=O)C(Br)=CC=C12. The average Bonchev–Trinajstić information content (AvgIpc) is 2.72. The lowest BCUT2D eigenvalue weighted by atomic mass is 9.96. The number of fused-ring (bicyclic) bond motifs is 3. The van der Waals surface area contributed by atoms with E-state index in [1.54, 1.807) is 12.1 Å². The summed E-state index contributed by atoms with van der Waals surface area (Å²) in [5, 5.41) is 8.85. The van der Waals surface area contributed by atoms with Crippen molar-refractivity contribution < 1.29 is 4.79 Å². The van der Waals surface area contributed by atoms with Crippen molar-refractivity contribution in [2.45, 2.75) is 0 Å². The summed E-state index contributed by atoms with van der Waals surface area (Å²) in [7, 11) is 0. The molecule has 0 radical (unpaired) electrons. The zero-order valence-corrected chi connectivity index (χ0v) is 10.3. The van der Waals surface area contributed by atoms with E-state index in [2.05, 4.69) is 22.0 Å². The standard InChI is InChI=1S/C14H6BrNO/c15-13-4-3-11-10-2-1-8(7-16)5-9(10)6-12(11)14(13)17/h1-6H. The van der Waals surface area contributed by atoms with E-state index in [0.29, 0.717) is 15.6 Å². The van der Waals surface area contributed by atoms with E-state index in [0.717, 1.165) is 16.7 Å². The van der Waals surface area contributed by atoms with Gasteiger partial charge in [0.1, 0.15) is 0 Å². The van der Waals surface area contributed by atoms with Gasteiger partial charge in [0.05, 0.1) is 16.1 Å². The predicted octanol–water partition coefficient (Wildman–Crippen LogP) is 3.20. The van der Waals surface area contributed by atoms with Gasteiger partial charge in [0.15, 0.2) is 0 Å². The third-order valence-corrected chi connectivity index (χ3v) is 3.54. The lowest BCUT2D eigenvalue weighted by molar-refractivity contribution is -0.111. The molecule has 2 aliphatic carbocycles. The predicted molar refractivity (Wildman–Crippen MR) is 69.1 cm³/mol. The molecule has 0 N–H and O–H groups in total. The minimum Gasteiger partial charge on any atom is -0.288 e. The largest absolute Gasteiger partial charge is 0.288 e. The van der Waals surface area contributed by atoms with Gasteiger partial charge in [-0.05, 0) is 56.9 Å². The average molecular weight is 284 g/mol. The monoisotopic (exact) mass is 283 g/mol. The molecule has 0 heterocycles. The third kappa shape index (κ3) is 1.42. The quantitative estimate of drug-likeness (QED) is 0.734. The maximum absolute atomic E-state index is 11.9. The molecule has 0 aromatic heterocycles. The minimum atomic E-state index is -0.00259. The summed E-state index contributed by atoms with van der Waals surface area (Å²) in [5.74, 6) is -0.00259. The third-order valence-electron chi connectivity index (χ3n) is 2.92. The number of hydrogen-bond acceptors (Lipinski definition) is 2. The first-order valence-electron chi connectivity index (χ1n) is 5.09. The first-order chi connectivity index (χ1) is 8.20. The molecule has 0 amide bonds. The fraction of sp³-hybridized carbons (Fsp3) is 0. The summed E-state index contributed by atoms with van der Waals surface area (Å²) >= 11 is 3.24. The summed E-state index contributed by atoms with van der Waals surface area (Å²) in [4.78, 5) is 11.9. The van der Waals surface area contributed by atoms with Crippen LogP contribution in [0.15, 0.2) is 40.4 Å². The van der Waals surface area contributed by atoms with Crippen molar-refractivity contribution in [3.63, 3.8) is 0 Å². The number of ketones is 1. The van der Waals surface area contributed by atoms with E-state index in [9.17, 15) is 4.79 Å². The molecule has 3 heteroatoms. The Bertz CT molecular complexity index is 687. The second-order valence-electron chi connectivity index (χ2n) is 3.90. The molecule has 0 fully saturated rings. The van der Waals surface area contributed by atoms with Crippen LogP contribution in [0.4, 0.5) is 0 Å². The molecule has 0 unspecified atom stereocenters. The smallest absolute Gasteiger partial charge is 0.200 e. The van der Waals surface area contributed by atoms with Crippen LogP contribution in [0.2, 0.25) is 0 Å². The lowest BCUT2D eigenvalue weighted by Gasteiger charge is -2.09. The van der Waals surface area contributed by atoms with E-state index in [1.807, 2.05) is 24.3 Å². The van der Waals surface area contributed by atoms with Crippen molar-refractivity contribution in [2.24, 2.45) is 0 Å². The number of nitrogens with zero attached hydrogens (tertiary/aromatic N) is 1. The molecule has 80 valence electrons. The highest BCUT2D eigenvalue weighted by Crippen LogP contribution is 2.40. The molecule has 1 aromatic carbocycles. The first-order valence-corrected chi connectivity index (χ1v) is 5.89. The molecule has 0 aliphatic heterocycles. The molecule has 2 nitrogen and oxygen atoms in total. The fourth-order valence-electron chi connectivity index (χ4n) is 2.10. The van der Waals surface area contributed by atoms with Crippen LogP contribution in [-0.2, 0) is 4.79 Å². The van der Waals surface area contributed by atoms with Crippen LogP contribution in [-0.4, -0.2) is 5.78 Å². The zero-order valence-electron chi connectivity index (χ0n) is 8.70. The maximum Gasteiger partial charge on any atom is 0.200 e. The number of Topliss-reactive ketones (excluding diaryl/α,β-unsaturated/α-hetero) is 1. The van der Waals surface area contributed by atoms with Crippen molar-refractivity contribution in [3.8, 4) is 6.07 Å². The zero-order chi connectivity index (χ0) is 12.0. The molecular formula is C14H6BrNO. The van der Waals surface area contributed by atoms with Gasteiger partial charge in [-0.15, -0.1) is 0 Å². The molecule has 0 bridgehead atoms. The molecule has 0 saturated heterocycles. The number of benzene rings is 1. The molecule has 0 atom stereocenters. The van der Waals surface area contributed by atoms with Gasteiger partial charge in [0, 0.05) is 5.57 Å². The van der Waals surface area contributed by atoms with Crippen molar-refractivity contribution in [1.82, 2.24) is 0 Å². The number of nitriles is 1. The Balaban J connectivity index is 2.22. The van der Waals surface area contributed by atoms with Crippen molar-refractivity contribution in [2.75, 3.05) is 0 Å². The molecule has 0 saturated carbocycles. The number of halogens is 1. The normalized spacial score (nSPS) is 16.5. The van der Waals surface area contributed by atoms with Crippen LogP contribution in [0.5, 0.6) is 0 Å². The van der Waals surface area contributed by atoms with Gasteiger partial charge < -0.3 is 0 Å². The number of carbonyl (C=O) groups is 1. The van der Waals surface area contributed by atoms with Gasteiger partial charge in [-0.2, -0.15) is 5.26 Å². The summed E-state index contributed by atoms with van der Waals surface area (Å²) in [6, 6.07) is 7.57. The molecule has 3 rings (SSSR count). The van der Waals surface area contributed by atoms with E-state index >= 15 is 0 Å². The Hall–Kier alpha value is -1.92. The second-order valence-corrected chi connectivity index (χ2v) is 4.75. The van der Waals surface area contributed by atoms with Crippen LogP contribution < -0.4 is 0 Å². The summed E-state index contributed by atoms with van der Waals surface area (Å²) in [6.45, 7) is 0. The van der Waals surface area contributed by atoms with Gasteiger partial charge in [0.25, 0.3) is 0 Å². The molecule has 2 aliphatic rings. The number of hydrogen-bond donors (Lipinski definition) is 0. The number of allylic oxidation sites excluding steroid dienone is 5. The van der Waals surface area contributed by atoms with E-state index < -0.39 is 0 Å². The molecular weight excluding hydrogens is 278 g/mol. The van der Waals surface area contributed by atoms with Crippen molar-refractivity contribution >= 4 is 33.4 Å². The summed E-state index contributed by atoms with van der Waals surface area (Å²) in [5.41, 5.74) is 4.21. The number of carbonyl (C=O) groups excluding carboxylic acids is 1. The Morgan fingerprint density at radius 3 is 2.76 bits per heavy atom. The van der Waals surface area contributed by atoms with Gasteiger partial charge in [0.2, 0.25) is 5.78 Å². The minimum absolute atomic E-state index is 0.00259. The molecule has 1 aromatic rings. The van der Waals surface area contributed by atoms with Crippen LogP contribution in [0.3, 0.4) is 0 Å². The van der Waals surface area contributed by atoms with E-state index in [1.165, 1.54) is 0 Å². The van der Waals surface area contributed by atoms with Gasteiger partial charge >= 0.3 is 0 Å². The van der Waals surface area contributed by atoms with Crippen LogP contribution in [0.1, 0.15) is 16.7 Å². The van der Waals surface area contributed by atoms with E-state index in [4.69, 9.17) is 5.26 Å². The van der Waals surface area contributed by atoms with Crippen LogP contribution >= 0.6 is 15.9 Å². The van der Waals surface area contributed by atoms with Crippen molar-refractivity contribution in [1.29, 1.82) is 5.26 Å². The second kappa shape index (κ2) is 3.54. The molecule has 0 spiro atoms. The lowest BCUT2D eigenvalue weighted by Crippen LogP contribution is -2.04. The van der Waals surface area contributed by atoms with Crippen LogP contribution in [0, 0.1) is 11.3 Å². The Labute approximate surface area is 107 Å². The van der Waals surface area contributed by atoms with Gasteiger partial charge in [-0.25, -0.2) is 0 Å². The Morgan fingerprint density at radius 2 is 2.00 bits per heavy atom. The highest BCUT2D eigenvalue weighted by molar-refractivity contribution is 9.12. The van der Waals surface area contributed by atoms with Crippen molar-refractivity contribution in [3.05, 3.63) is 57.1 Å². The van der Waals surface area contributed by atoms with Gasteiger partial charge in [-0.3, -0.25) is 4.79 Å². The topological polar surface area (TPSA) is 40.9 Å². The Kier molecular flexibility index (Phi) is 2.13. The highest BCUT2D eigenvalue weighted by atomic mass is 79.9. The Morgan fingerprint density at radius 1 is 1.18 bits per heavy atom. The summed E-state index contributed by atoms with van der Waals surface area (Å²) in [6.07, 6.45) is 5.54. The molecule has 17 heavy (non-hydrogen) atoms. The van der Waals surface area contributed by atoms with Crippen LogP contribution in [0.25, 0.3) is 11.6 Å². The van der Waals surface area contributed by atoms with Gasteiger partial charge in [-0.1, -0.05) is 12.1 Å². The summed E-state index contributed by atoms with van der Waals surface area (Å²) < 4.78 is 0.570. The highest BCUT2D eigenvalue weighted by Gasteiger charge is 2.27. The van der Waals surface area contributed by atoms with E-state index in [-0.39, 0.29) is 5.78 Å².